The highest BCUT2D eigenvalue weighted by Gasteiger charge is 2.27. The van der Waals surface area contributed by atoms with Crippen LogP contribution < -0.4 is 31.4 Å². The lowest BCUT2D eigenvalue weighted by atomic mass is 10.1. The van der Waals surface area contributed by atoms with Gasteiger partial charge in [-0.2, -0.15) is 0 Å². The van der Waals surface area contributed by atoms with Crippen LogP contribution >= 0.6 is 0 Å². The number of carbonyl (C=O) groups excluding carboxylic acids is 1. The molecule has 33 heavy (non-hydrogen) atoms. The van der Waals surface area contributed by atoms with E-state index in [-0.39, 0.29) is 42.5 Å². The number of hydrogen-bond donors (Lipinski definition) is 2. The van der Waals surface area contributed by atoms with Gasteiger partial charge in [0.1, 0.15) is 17.3 Å². The number of aromatic nitrogens is 2. The molecule has 0 fully saturated rings. The number of benzene rings is 2. The lowest BCUT2D eigenvalue weighted by Gasteiger charge is -2.25. The van der Waals surface area contributed by atoms with Gasteiger partial charge in [-0.3, -0.25) is 24.0 Å². The smallest absolute Gasteiger partial charge is 0.330 e. The number of H-pyrrole nitrogens is 1. The Hall–Kier alpha value is -4.05. The molecule has 0 spiro atoms. The Morgan fingerprint density at radius 3 is 2.42 bits per heavy atom. The van der Waals surface area contributed by atoms with E-state index in [4.69, 9.17) is 19.9 Å². The van der Waals surface area contributed by atoms with E-state index in [0.717, 1.165) is 10.1 Å². The molecule has 3 N–H and O–H groups in total. The van der Waals surface area contributed by atoms with Crippen LogP contribution in [0.2, 0.25) is 0 Å². The number of ether oxygens (including phenoxy) is 3. The van der Waals surface area contributed by atoms with Crippen molar-refractivity contribution in [3.8, 4) is 11.5 Å². The first-order valence-corrected chi connectivity index (χ1v) is 10.1. The zero-order chi connectivity index (χ0) is 24.0. The van der Waals surface area contributed by atoms with Crippen molar-refractivity contribution in [2.75, 3.05) is 38.6 Å². The number of nitrogens with two attached hydrogens (primary N) is 1. The summed E-state index contributed by atoms with van der Waals surface area (Å²) in [6, 6.07) is 13.8. The van der Waals surface area contributed by atoms with Crippen LogP contribution in [0.5, 0.6) is 11.5 Å². The number of aromatic amines is 1. The molecule has 3 rings (SSSR count). The van der Waals surface area contributed by atoms with Gasteiger partial charge in [-0.25, -0.2) is 4.79 Å². The van der Waals surface area contributed by atoms with E-state index in [9.17, 15) is 14.4 Å². The van der Waals surface area contributed by atoms with Gasteiger partial charge in [0.25, 0.3) is 11.5 Å². The highest BCUT2D eigenvalue weighted by molar-refractivity contribution is 6.09. The first-order valence-electron chi connectivity index (χ1n) is 10.1. The molecule has 0 radical (unpaired) electrons. The van der Waals surface area contributed by atoms with Crippen molar-refractivity contribution in [2.45, 2.75) is 13.1 Å². The molecule has 10 heteroatoms. The van der Waals surface area contributed by atoms with Crippen LogP contribution in [0.1, 0.15) is 15.9 Å². The van der Waals surface area contributed by atoms with Crippen LogP contribution in [0, 0.1) is 0 Å². The van der Waals surface area contributed by atoms with Gasteiger partial charge >= 0.3 is 5.69 Å². The predicted molar refractivity (Wildman–Crippen MR) is 124 cm³/mol. The Labute approximate surface area is 190 Å². The zero-order valence-electron chi connectivity index (χ0n) is 18.7. The minimum atomic E-state index is -0.775. The van der Waals surface area contributed by atoms with E-state index in [0.29, 0.717) is 5.75 Å². The van der Waals surface area contributed by atoms with Crippen molar-refractivity contribution in [3.05, 3.63) is 80.5 Å². The van der Waals surface area contributed by atoms with Crippen LogP contribution in [0.4, 0.5) is 11.5 Å². The molecule has 1 heterocycles. The number of nitrogens with one attached hydrogen (secondary N) is 1. The van der Waals surface area contributed by atoms with Gasteiger partial charge in [0.2, 0.25) is 0 Å². The SMILES string of the molecule is COCCn1c(N)c(N(Cc2ccccc2)C(=O)c2ccc(OC)cc2OC)c(=O)[nH]c1=O. The standard InChI is InChI=1S/C23H26N4O6/c1-31-12-11-26-20(24)19(21(28)25-23(26)30)27(14-15-7-5-4-6-8-15)22(29)17-10-9-16(32-2)13-18(17)33-3/h4-10,13H,11-12,14,24H2,1-3H3,(H,25,28,30). The van der Waals surface area contributed by atoms with Gasteiger partial charge in [-0.15, -0.1) is 0 Å². The highest BCUT2D eigenvalue weighted by atomic mass is 16.5. The fourth-order valence-electron chi connectivity index (χ4n) is 3.38. The number of carbonyl (C=O) groups is 1. The lowest BCUT2D eigenvalue weighted by Crippen LogP contribution is -2.41. The molecule has 0 aliphatic heterocycles. The molecule has 0 saturated heterocycles. The average molecular weight is 454 g/mol. The summed E-state index contributed by atoms with van der Waals surface area (Å²) in [7, 11) is 4.41. The molecule has 0 atom stereocenters. The molecule has 0 aliphatic carbocycles. The van der Waals surface area contributed by atoms with E-state index in [1.807, 2.05) is 30.3 Å². The van der Waals surface area contributed by atoms with Crippen LogP contribution in [0.3, 0.4) is 0 Å². The number of anilines is 2. The molecule has 2 aromatic carbocycles. The number of methoxy groups -OCH3 is 3. The van der Waals surface area contributed by atoms with Crippen molar-refractivity contribution in [1.29, 1.82) is 0 Å². The number of nitrogens with zero attached hydrogens (tertiary/aromatic N) is 2. The summed E-state index contributed by atoms with van der Waals surface area (Å²) in [5.41, 5.74) is 5.60. The molecule has 3 aromatic rings. The van der Waals surface area contributed by atoms with Gasteiger partial charge in [-0.1, -0.05) is 30.3 Å². The summed E-state index contributed by atoms with van der Waals surface area (Å²) in [5, 5.41) is 0. The topological polar surface area (TPSA) is 129 Å². The predicted octanol–water partition coefficient (Wildman–Crippen LogP) is 1.63. The number of amides is 1. The Morgan fingerprint density at radius 1 is 1.06 bits per heavy atom. The minimum absolute atomic E-state index is 0.0324. The second-order valence-electron chi connectivity index (χ2n) is 7.08. The van der Waals surface area contributed by atoms with Crippen molar-refractivity contribution in [1.82, 2.24) is 9.55 Å². The molecule has 174 valence electrons. The number of hydrogen-bond acceptors (Lipinski definition) is 7. The van der Waals surface area contributed by atoms with E-state index in [1.54, 1.807) is 18.2 Å². The van der Waals surface area contributed by atoms with Crippen molar-refractivity contribution < 1.29 is 19.0 Å². The maximum absolute atomic E-state index is 13.7. The second-order valence-corrected chi connectivity index (χ2v) is 7.08. The molecule has 0 aliphatic rings. The summed E-state index contributed by atoms with van der Waals surface area (Å²) < 4.78 is 16.8. The fraction of sp³-hybridized carbons (Fsp3) is 0.261. The Balaban J connectivity index is 2.19. The normalized spacial score (nSPS) is 10.6. The first-order chi connectivity index (χ1) is 15.9. The molecular formula is C23H26N4O6. The molecular weight excluding hydrogens is 428 g/mol. The van der Waals surface area contributed by atoms with Gasteiger partial charge in [0, 0.05) is 13.2 Å². The average Bonchev–Trinajstić information content (AvgIpc) is 2.82. The van der Waals surface area contributed by atoms with Crippen LogP contribution in [0.15, 0.2) is 58.1 Å². The first kappa shape index (κ1) is 23.6. The maximum Gasteiger partial charge on any atom is 0.330 e. The Kier molecular flexibility index (Phi) is 7.52. The monoisotopic (exact) mass is 454 g/mol. The lowest BCUT2D eigenvalue weighted by molar-refractivity contribution is 0.0981. The number of nitrogen functional groups attached to an aromatic ring is 1. The van der Waals surface area contributed by atoms with Gasteiger partial charge in [0.05, 0.1) is 39.5 Å². The quantitative estimate of drug-likeness (QED) is 0.503. The largest absolute Gasteiger partial charge is 0.497 e. The van der Waals surface area contributed by atoms with E-state index >= 15 is 0 Å². The third-order valence-electron chi connectivity index (χ3n) is 5.07. The van der Waals surface area contributed by atoms with Crippen molar-refractivity contribution in [3.63, 3.8) is 0 Å². The van der Waals surface area contributed by atoms with E-state index < -0.39 is 17.2 Å². The number of rotatable bonds is 9. The zero-order valence-corrected chi connectivity index (χ0v) is 18.7. The summed E-state index contributed by atoms with van der Waals surface area (Å²) >= 11 is 0. The molecule has 0 unspecified atom stereocenters. The van der Waals surface area contributed by atoms with Crippen LogP contribution in [-0.4, -0.2) is 43.4 Å². The Bertz CT molecular complexity index is 1240. The minimum Gasteiger partial charge on any atom is -0.497 e. The van der Waals surface area contributed by atoms with Gasteiger partial charge < -0.3 is 19.9 Å². The molecule has 0 bridgehead atoms. The van der Waals surface area contributed by atoms with E-state index in [2.05, 4.69) is 4.98 Å². The summed E-state index contributed by atoms with van der Waals surface area (Å²) in [5.74, 6) is 0.0914. The third-order valence-corrected chi connectivity index (χ3v) is 5.07. The maximum atomic E-state index is 13.7. The summed E-state index contributed by atoms with van der Waals surface area (Å²) in [6.07, 6.45) is 0. The summed E-state index contributed by atoms with van der Waals surface area (Å²) in [4.78, 5) is 42.4. The third kappa shape index (κ3) is 5.07. The molecule has 0 saturated carbocycles. The highest BCUT2D eigenvalue weighted by Crippen LogP contribution is 2.29. The fourth-order valence-corrected chi connectivity index (χ4v) is 3.38. The van der Waals surface area contributed by atoms with Crippen LogP contribution in [-0.2, 0) is 17.8 Å². The van der Waals surface area contributed by atoms with Crippen molar-refractivity contribution in [2.24, 2.45) is 0 Å². The van der Waals surface area contributed by atoms with Crippen molar-refractivity contribution >= 4 is 17.4 Å². The molecule has 1 aromatic heterocycles. The van der Waals surface area contributed by atoms with Crippen LogP contribution in [0.25, 0.3) is 0 Å². The van der Waals surface area contributed by atoms with Gasteiger partial charge in [-0.05, 0) is 17.7 Å². The summed E-state index contributed by atoms with van der Waals surface area (Å²) in [6.45, 7) is 0.323. The molecule has 1 amide bonds. The van der Waals surface area contributed by atoms with Gasteiger partial charge in [0.15, 0.2) is 5.69 Å². The van der Waals surface area contributed by atoms with E-state index in [1.165, 1.54) is 26.2 Å². The Morgan fingerprint density at radius 2 is 1.79 bits per heavy atom. The second kappa shape index (κ2) is 10.5. The molecule has 10 nitrogen and oxygen atoms in total.